The third kappa shape index (κ3) is 5.22. The van der Waals surface area contributed by atoms with Crippen molar-refractivity contribution in [1.82, 2.24) is 9.80 Å². The molecule has 1 fully saturated rings. The minimum absolute atomic E-state index is 0.584. The second-order valence-corrected chi connectivity index (χ2v) is 7.94. The summed E-state index contributed by atoms with van der Waals surface area (Å²) in [5.41, 5.74) is 3.93. The Bertz CT molecular complexity index is 781. The van der Waals surface area contributed by atoms with Crippen LogP contribution in [0.1, 0.15) is 36.5 Å². The Morgan fingerprint density at radius 1 is 0.724 bits per heavy atom. The first-order chi connectivity index (χ1) is 14.0. The SMILES string of the molecule is COc1ccc(CN2CCN(Cc3ccc(C(C)C)cc3)CC2)c(OC)c1OC. The maximum absolute atomic E-state index is 5.64. The van der Waals surface area contributed by atoms with Crippen LogP contribution in [0.5, 0.6) is 17.2 Å². The number of methoxy groups -OCH3 is 3. The van der Waals surface area contributed by atoms with Gasteiger partial charge in [0.1, 0.15) is 0 Å². The van der Waals surface area contributed by atoms with Gasteiger partial charge in [0, 0.05) is 44.8 Å². The topological polar surface area (TPSA) is 34.2 Å². The van der Waals surface area contributed by atoms with Gasteiger partial charge >= 0.3 is 0 Å². The van der Waals surface area contributed by atoms with E-state index in [4.69, 9.17) is 14.2 Å². The van der Waals surface area contributed by atoms with E-state index in [-0.39, 0.29) is 0 Å². The summed E-state index contributed by atoms with van der Waals surface area (Å²) in [6, 6.07) is 13.1. The lowest BCUT2D eigenvalue weighted by molar-refractivity contribution is 0.121. The lowest BCUT2D eigenvalue weighted by Crippen LogP contribution is -2.45. The van der Waals surface area contributed by atoms with E-state index in [1.165, 1.54) is 11.1 Å². The molecule has 0 bridgehead atoms. The monoisotopic (exact) mass is 398 g/mol. The fourth-order valence-electron chi connectivity index (χ4n) is 3.90. The first-order valence-electron chi connectivity index (χ1n) is 10.4. The Balaban J connectivity index is 1.57. The summed E-state index contributed by atoms with van der Waals surface area (Å²) in [7, 11) is 4.98. The van der Waals surface area contributed by atoms with Crippen LogP contribution in [-0.2, 0) is 13.1 Å². The summed E-state index contributed by atoms with van der Waals surface area (Å²) in [5.74, 6) is 2.71. The molecule has 2 aromatic rings. The van der Waals surface area contributed by atoms with Gasteiger partial charge < -0.3 is 14.2 Å². The number of hydrogen-bond acceptors (Lipinski definition) is 5. The Labute approximate surface area is 175 Å². The number of hydrogen-bond donors (Lipinski definition) is 0. The summed E-state index contributed by atoms with van der Waals surface area (Å²) in [6.07, 6.45) is 0. The molecule has 0 spiro atoms. The molecule has 0 atom stereocenters. The molecule has 5 nitrogen and oxygen atoms in total. The average molecular weight is 399 g/mol. The van der Waals surface area contributed by atoms with Crippen molar-refractivity contribution in [2.45, 2.75) is 32.9 Å². The van der Waals surface area contributed by atoms with Crippen LogP contribution in [-0.4, -0.2) is 57.3 Å². The predicted molar refractivity (Wildman–Crippen MR) is 117 cm³/mol. The van der Waals surface area contributed by atoms with Crippen molar-refractivity contribution >= 4 is 0 Å². The van der Waals surface area contributed by atoms with Crippen molar-refractivity contribution in [2.24, 2.45) is 0 Å². The van der Waals surface area contributed by atoms with Gasteiger partial charge in [-0.2, -0.15) is 0 Å². The molecule has 0 amide bonds. The van der Waals surface area contributed by atoms with Crippen LogP contribution in [0, 0.1) is 0 Å². The normalized spacial score (nSPS) is 15.5. The van der Waals surface area contributed by atoms with E-state index in [9.17, 15) is 0 Å². The molecule has 158 valence electrons. The molecule has 0 unspecified atom stereocenters. The van der Waals surface area contributed by atoms with Crippen molar-refractivity contribution < 1.29 is 14.2 Å². The van der Waals surface area contributed by atoms with Gasteiger partial charge in [-0.1, -0.05) is 44.2 Å². The van der Waals surface area contributed by atoms with E-state index in [1.807, 2.05) is 6.07 Å². The van der Waals surface area contributed by atoms with E-state index in [0.717, 1.165) is 50.6 Å². The first-order valence-corrected chi connectivity index (χ1v) is 10.4. The van der Waals surface area contributed by atoms with Gasteiger partial charge in [-0.05, 0) is 23.1 Å². The fourth-order valence-corrected chi connectivity index (χ4v) is 3.90. The van der Waals surface area contributed by atoms with Crippen LogP contribution in [0.3, 0.4) is 0 Å². The van der Waals surface area contributed by atoms with Crippen molar-refractivity contribution in [1.29, 1.82) is 0 Å². The Kier molecular flexibility index (Phi) is 7.40. The van der Waals surface area contributed by atoms with E-state index in [0.29, 0.717) is 17.4 Å². The van der Waals surface area contributed by atoms with Crippen molar-refractivity contribution in [2.75, 3.05) is 47.5 Å². The predicted octanol–water partition coefficient (Wildman–Crippen LogP) is 4.15. The summed E-state index contributed by atoms with van der Waals surface area (Å²) < 4.78 is 16.5. The lowest BCUT2D eigenvalue weighted by Gasteiger charge is -2.35. The zero-order chi connectivity index (χ0) is 20.8. The fraction of sp³-hybridized carbons (Fsp3) is 0.500. The van der Waals surface area contributed by atoms with Gasteiger partial charge in [0.05, 0.1) is 21.3 Å². The number of piperazine rings is 1. The highest BCUT2D eigenvalue weighted by Crippen LogP contribution is 2.40. The van der Waals surface area contributed by atoms with Crippen LogP contribution in [0.25, 0.3) is 0 Å². The van der Waals surface area contributed by atoms with Crippen LogP contribution in [0.2, 0.25) is 0 Å². The van der Waals surface area contributed by atoms with Gasteiger partial charge in [-0.25, -0.2) is 0 Å². The summed E-state index contributed by atoms with van der Waals surface area (Å²) in [5, 5.41) is 0. The highest BCUT2D eigenvalue weighted by atomic mass is 16.5. The third-order valence-electron chi connectivity index (χ3n) is 5.70. The van der Waals surface area contributed by atoms with E-state index in [1.54, 1.807) is 21.3 Å². The molecule has 1 saturated heterocycles. The minimum atomic E-state index is 0.584. The third-order valence-corrected chi connectivity index (χ3v) is 5.70. The Hall–Kier alpha value is -2.24. The van der Waals surface area contributed by atoms with Crippen LogP contribution in [0.15, 0.2) is 36.4 Å². The molecule has 0 aliphatic carbocycles. The Morgan fingerprint density at radius 3 is 1.83 bits per heavy atom. The largest absolute Gasteiger partial charge is 0.493 e. The quantitative estimate of drug-likeness (QED) is 0.667. The summed E-state index contributed by atoms with van der Waals surface area (Å²) in [4.78, 5) is 5.01. The second kappa shape index (κ2) is 9.99. The lowest BCUT2D eigenvalue weighted by atomic mass is 10.0. The van der Waals surface area contributed by atoms with Crippen molar-refractivity contribution in [3.8, 4) is 17.2 Å². The van der Waals surface area contributed by atoms with Gasteiger partial charge in [-0.15, -0.1) is 0 Å². The minimum Gasteiger partial charge on any atom is -0.493 e. The second-order valence-electron chi connectivity index (χ2n) is 7.94. The molecular weight excluding hydrogens is 364 g/mol. The van der Waals surface area contributed by atoms with Crippen LogP contribution in [0.4, 0.5) is 0 Å². The number of benzene rings is 2. The molecule has 0 radical (unpaired) electrons. The van der Waals surface area contributed by atoms with Gasteiger partial charge in [-0.3, -0.25) is 9.80 Å². The van der Waals surface area contributed by atoms with Crippen LogP contribution < -0.4 is 14.2 Å². The van der Waals surface area contributed by atoms with Gasteiger partial charge in [0.15, 0.2) is 11.5 Å². The highest BCUT2D eigenvalue weighted by molar-refractivity contribution is 5.55. The van der Waals surface area contributed by atoms with E-state index < -0.39 is 0 Å². The number of rotatable bonds is 8. The highest BCUT2D eigenvalue weighted by Gasteiger charge is 2.21. The molecule has 1 aliphatic heterocycles. The maximum Gasteiger partial charge on any atom is 0.203 e. The molecule has 3 rings (SSSR count). The van der Waals surface area contributed by atoms with Gasteiger partial charge in [0.25, 0.3) is 0 Å². The van der Waals surface area contributed by atoms with Crippen molar-refractivity contribution in [3.63, 3.8) is 0 Å². The average Bonchev–Trinajstić information content (AvgIpc) is 2.75. The van der Waals surface area contributed by atoms with E-state index in [2.05, 4.69) is 54.0 Å². The molecular formula is C24H34N2O3. The smallest absolute Gasteiger partial charge is 0.203 e. The molecule has 1 heterocycles. The number of nitrogens with zero attached hydrogens (tertiary/aromatic N) is 2. The summed E-state index contributed by atoms with van der Waals surface area (Å²) in [6.45, 7) is 10.6. The summed E-state index contributed by atoms with van der Waals surface area (Å²) >= 11 is 0. The molecule has 0 saturated carbocycles. The molecule has 29 heavy (non-hydrogen) atoms. The molecule has 5 heteroatoms. The Morgan fingerprint density at radius 2 is 1.31 bits per heavy atom. The molecule has 2 aromatic carbocycles. The number of ether oxygens (including phenoxy) is 3. The van der Waals surface area contributed by atoms with E-state index >= 15 is 0 Å². The molecule has 1 aliphatic rings. The zero-order valence-corrected chi connectivity index (χ0v) is 18.4. The van der Waals surface area contributed by atoms with Crippen molar-refractivity contribution in [3.05, 3.63) is 53.1 Å². The first kappa shape index (κ1) is 21.5. The van der Waals surface area contributed by atoms with Gasteiger partial charge in [0.2, 0.25) is 5.75 Å². The standard InChI is InChI=1S/C24H34N2O3/c1-18(2)20-8-6-19(7-9-20)16-25-12-14-26(15-13-25)17-21-10-11-22(27-3)24(29-5)23(21)28-4/h6-11,18H,12-17H2,1-5H3. The molecule has 0 aromatic heterocycles. The zero-order valence-electron chi connectivity index (χ0n) is 18.4. The maximum atomic E-state index is 5.64. The molecule has 0 N–H and O–H groups in total. The van der Waals surface area contributed by atoms with Crippen LogP contribution >= 0.6 is 0 Å².